The van der Waals surface area contributed by atoms with E-state index < -0.39 is 0 Å². The second kappa shape index (κ2) is 4.64. The van der Waals surface area contributed by atoms with E-state index >= 15 is 0 Å². The fourth-order valence-electron chi connectivity index (χ4n) is 1.80. The van der Waals surface area contributed by atoms with Crippen LogP contribution >= 0.6 is 0 Å². The van der Waals surface area contributed by atoms with E-state index in [-0.39, 0.29) is 0 Å². The Bertz CT molecular complexity index is 571. The molecule has 0 aliphatic carbocycles. The van der Waals surface area contributed by atoms with Crippen molar-refractivity contribution < 1.29 is 4.74 Å². The second-order valence-corrected chi connectivity index (χ2v) is 4.33. The van der Waals surface area contributed by atoms with Crippen molar-refractivity contribution >= 4 is 5.82 Å². The Morgan fingerprint density at radius 2 is 1.83 bits per heavy atom. The number of aryl methyl sites for hydroxylation is 2. The SMILES string of the molecule is COc1ccc(-c2nc(C)c(C)c(N)n2)cc1C. The molecule has 0 radical (unpaired) electrons. The zero-order chi connectivity index (χ0) is 13.3. The summed E-state index contributed by atoms with van der Waals surface area (Å²) in [6, 6.07) is 5.86. The number of nitrogens with zero attached hydrogens (tertiary/aromatic N) is 2. The molecule has 2 aromatic rings. The van der Waals surface area contributed by atoms with Crippen LogP contribution in [0, 0.1) is 20.8 Å². The summed E-state index contributed by atoms with van der Waals surface area (Å²) in [6.07, 6.45) is 0. The molecule has 0 bridgehead atoms. The first kappa shape index (κ1) is 12.4. The minimum atomic E-state index is 0.533. The van der Waals surface area contributed by atoms with E-state index in [0.717, 1.165) is 28.1 Å². The molecule has 0 atom stereocenters. The Morgan fingerprint density at radius 1 is 1.11 bits per heavy atom. The van der Waals surface area contributed by atoms with Gasteiger partial charge in [0.05, 0.1) is 7.11 Å². The van der Waals surface area contributed by atoms with E-state index in [1.54, 1.807) is 7.11 Å². The lowest BCUT2D eigenvalue weighted by Crippen LogP contribution is -2.02. The Kier molecular flexibility index (Phi) is 3.19. The topological polar surface area (TPSA) is 61.0 Å². The van der Waals surface area contributed by atoms with Crippen molar-refractivity contribution in [2.75, 3.05) is 12.8 Å². The van der Waals surface area contributed by atoms with Gasteiger partial charge in [0.1, 0.15) is 11.6 Å². The third kappa shape index (κ3) is 2.14. The van der Waals surface area contributed by atoms with Crippen LogP contribution in [0.5, 0.6) is 5.75 Å². The van der Waals surface area contributed by atoms with Gasteiger partial charge in [-0.05, 0) is 44.5 Å². The van der Waals surface area contributed by atoms with Gasteiger partial charge >= 0.3 is 0 Å². The van der Waals surface area contributed by atoms with Gasteiger partial charge < -0.3 is 10.5 Å². The molecular formula is C14H17N3O. The Balaban J connectivity index is 2.52. The molecular weight excluding hydrogens is 226 g/mol. The monoisotopic (exact) mass is 243 g/mol. The number of aromatic nitrogens is 2. The maximum Gasteiger partial charge on any atom is 0.161 e. The highest BCUT2D eigenvalue weighted by Crippen LogP contribution is 2.25. The maximum absolute atomic E-state index is 5.88. The van der Waals surface area contributed by atoms with E-state index in [1.165, 1.54) is 0 Å². The fourth-order valence-corrected chi connectivity index (χ4v) is 1.80. The molecule has 0 unspecified atom stereocenters. The third-order valence-electron chi connectivity index (χ3n) is 3.08. The summed E-state index contributed by atoms with van der Waals surface area (Å²) in [5, 5.41) is 0. The van der Waals surface area contributed by atoms with Crippen LogP contribution in [-0.4, -0.2) is 17.1 Å². The van der Waals surface area contributed by atoms with E-state index in [9.17, 15) is 0 Å². The molecule has 94 valence electrons. The van der Waals surface area contributed by atoms with Crippen molar-refractivity contribution in [1.29, 1.82) is 0 Å². The summed E-state index contributed by atoms with van der Waals surface area (Å²) in [6.45, 7) is 5.85. The molecule has 1 aromatic heterocycles. The number of methoxy groups -OCH3 is 1. The molecule has 0 saturated heterocycles. The van der Waals surface area contributed by atoms with Crippen molar-refractivity contribution in [1.82, 2.24) is 9.97 Å². The highest BCUT2D eigenvalue weighted by molar-refractivity contribution is 5.61. The lowest BCUT2D eigenvalue weighted by molar-refractivity contribution is 0.412. The summed E-state index contributed by atoms with van der Waals surface area (Å²) in [5.41, 5.74) is 9.72. The summed E-state index contributed by atoms with van der Waals surface area (Å²) < 4.78 is 5.24. The number of rotatable bonds is 2. The van der Waals surface area contributed by atoms with Gasteiger partial charge in [-0.2, -0.15) is 0 Å². The highest BCUT2D eigenvalue weighted by atomic mass is 16.5. The molecule has 4 heteroatoms. The van der Waals surface area contributed by atoms with Gasteiger partial charge in [0.15, 0.2) is 5.82 Å². The minimum Gasteiger partial charge on any atom is -0.496 e. The molecule has 0 aliphatic rings. The Hall–Kier alpha value is -2.10. The van der Waals surface area contributed by atoms with Gasteiger partial charge in [0.2, 0.25) is 0 Å². The van der Waals surface area contributed by atoms with Gasteiger partial charge in [0.25, 0.3) is 0 Å². The molecule has 0 amide bonds. The lowest BCUT2D eigenvalue weighted by atomic mass is 10.1. The molecule has 0 saturated carbocycles. The van der Waals surface area contributed by atoms with E-state index in [2.05, 4.69) is 9.97 Å². The molecule has 4 nitrogen and oxygen atoms in total. The smallest absolute Gasteiger partial charge is 0.161 e. The molecule has 1 aromatic carbocycles. The summed E-state index contributed by atoms with van der Waals surface area (Å²) >= 11 is 0. The summed E-state index contributed by atoms with van der Waals surface area (Å²) in [4.78, 5) is 8.79. The standard InChI is InChI=1S/C14H17N3O/c1-8-7-11(5-6-12(8)18-4)14-16-10(3)9(2)13(15)17-14/h5-7H,1-4H3,(H2,15,16,17). The Labute approximate surface area is 107 Å². The normalized spacial score (nSPS) is 10.4. The number of benzene rings is 1. The molecule has 18 heavy (non-hydrogen) atoms. The van der Waals surface area contributed by atoms with Crippen LogP contribution in [0.15, 0.2) is 18.2 Å². The largest absolute Gasteiger partial charge is 0.496 e. The van der Waals surface area contributed by atoms with Gasteiger partial charge in [-0.1, -0.05) is 0 Å². The van der Waals surface area contributed by atoms with Gasteiger partial charge in [-0.15, -0.1) is 0 Å². The van der Waals surface area contributed by atoms with E-state index in [0.29, 0.717) is 11.6 Å². The molecule has 0 fully saturated rings. The predicted octanol–water partition coefficient (Wildman–Crippen LogP) is 2.66. The summed E-state index contributed by atoms with van der Waals surface area (Å²) in [7, 11) is 1.66. The number of anilines is 1. The van der Waals surface area contributed by atoms with Gasteiger partial charge in [-0.3, -0.25) is 0 Å². The average molecular weight is 243 g/mol. The van der Waals surface area contributed by atoms with Crippen LogP contribution in [0.1, 0.15) is 16.8 Å². The van der Waals surface area contributed by atoms with Crippen LogP contribution in [0.2, 0.25) is 0 Å². The second-order valence-electron chi connectivity index (χ2n) is 4.33. The summed E-state index contributed by atoms with van der Waals surface area (Å²) in [5.74, 6) is 2.04. The van der Waals surface area contributed by atoms with E-state index in [4.69, 9.17) is 10.5 Å². The van der Waals surface area contributed by atoms with Crippen LogP contribution in [0.4, 0.5) is 5.82 Å². The van der Waals surface area contributed by atoms with E-state index in [1.807, 2.05) is 39.0 Å². The maximum atomic E-state index is 5.88. The first-order valence-corrected chi connectivity index (χ1v) is 5.78. The number of hydrogen-bond donors (Lipinski definition) is 1. The third-order valence-corrected chi connectivity index (χ3v) is 3.08. The van der Waals surface area contributed by atoms with Crippen LogP contribution < -0.4 is 10.5 Å². The zero-order valence-electron chi connectivity index (χ0n) is 11.1. The molecule has 2 N–H and O–H groups in total. The van der Waals surface area contributed by atoms with Gasteiger partial charge in [0, 0.05) is 16.8 Å². The first-order valence-electron chi connectivity index (χ1n) is 5.78. The number of nitrogens with two attached hydrogens (primary N) is 1. The zero-order valence-corrected chi connectivity index (χ0v) is 11.1. The van der Waals surface area contributed by atoms with Crippen molar-refractivity contribution in [2.24, 2.45) is 0 Å². The minimum absolute atomic E-state index is 0.533. The quantitative estimate of drug-likeness (QED) is 0.880. The first-order chi connectivity index (χ1) is 8.52. The van der Waals surface area contributed by atoms with Crippen molar-refractivity contribution in [3.05, 3.63) is 35.0 Å². The van der Waals surface area contributed by atoms with Crippen LogP contribution in [-0.2, 0) is 0 Å². The highest BCUT2D eigenvalue weighted by Gasteiger charge is 2.08. The van der Waals surface area contributed by atoms with Crippen LogP contribution in [0.25, 0.3) is 11.4 Å². The van der Waals surface area contributed by atoms with Crippen molar-refractivity contribution in [2.45, 2.75) is 20.8 Å². The lowest BCUT2D eigenvalue weighted by Gasteiger charge is -2.09. The van der Waals surface area contributed by atoms with Gasteiger partial charge in [-0.25, -0.2) is 9.97 Å². The predicted molar refractivity (Wildman–Crippen MR) is 72.6 cm³/mol. The Morgan fingerprint density at radius 3 is 2.39 bits per heavy atom. The average Bonchev–Trinajstić information content (AvgIpc) is 2.35. The number of hydrogen-bond acceptors (Lipinski definition) is 4. The fraction of sp³-hybridized carbons (Fsp3) is 0.286. The van der Waals surface area contributed by atoms with Crippen LogP contribution in [0.3, 0.4) is 0 Å². The molecule has 1 heterocycles. The van der Waals surface area contributed by atoms with Crippen molar-refractivity contribution in [3.63, 3.8) is 0 Å². The van der Waals surface area contributed by atoms with Crippen molar-refractivity contribution in [3.8, 4) is 17.1 Å². The molecule has 0 spiro atoms. The molecule has 0 aliphatic heterocycles. The number of ether oxygens (including phenoxy) is 1. The molecule has 2 rings (SSSR count). The number of nitrogen functional groups attached to an aromatic ring is 1.